The molecule has 1 aromatic rings. The van der Waals surface area contributed by atoms with E-state index in [-0.39, 0.29) is 18.0 Å². The number of amides is 1. The molecule has 5 N–H and O–H groups in total. The Kier molecular flexibility index (Phi) is 19.3. The molecule has 0 aliphatic heterocycles. The van der Waals surface area contributed by atoms with Gasteiger partial charge < -0.3 is 35.2 Å². The third-order valence-electron chi connectivity index (χ3n) is 7.61. The van der Waals surface area contributed by atoms with Crippen molar-refractivity contribution in [2.45, 2.75) is 108 Å². The summed E-state index contributed by atoms with van der Waals surface area (Å²) in [4.78, 5) is 73.5. The van der Waals surface area contributed by atoms with Crippen LogP contribution in [0.25, 0.3) is 0 Å². The number of esters is 2. The van der Waals surface area contributed by atoms with Crippen LogP contribution in [0.15, 0.2) is 36.4 Å². The number of ether oxygens (including phenoxy) is 2. The van der Waals surface area contributed by atoms with Gasteiger partial charge in [0, 0.05) is 19.3 Å². The van der Waals surface area contributed by atoms with Gasteiger partial charge in [-0.3, -0.25) is 14.4 Å². The van der Waals surface area contributed by atoms with Gasteiger partial charge >= 0.3 is 23.9 Å². The molecule has 0 spiro atoms. The van der Waals surface area contributed by atoms with E-state index in [2.05, 4.69) is 21.7 Å². The molecule has 3 atom stereocenters. The Labute approximate surface area is 275 Å². The molecule has 0 unspecified atom stereocenters. The van der Waals surface area contributed by atoms with E-state index in [9.17, 15) is 49.2 Å². The summed E-state index contributed by atoms with van der Waals surface area (Å²) in [5.41, 5.74) is -2.62. The molecular weight excluding hydrogens is 614 g/mol. The number of hydrogen-bond donors (Lipinski definition) is 5. The van der Waals surface area contributed by atoms with Gasteiger partial charge in [0.15, 0.2) is 12.2 Å². The van der Waals surface area contributed by atoms with Gasteiger partial charge in [0.05, 0.1) is 19.4 Å². The van der Waals surface area contributed by atoms with E-state index in [1.165, 1.54) is 36.8 Å². The molecule has 13 heteroatoms. The molecule has 1 rings (SSSR count). The third kappa shape index (κ3) is 16.2. The summed E-state index contributed by atoms with van der Waals surface area (Å²) in [7, 11) is 1.04. The number of benzene rings is 1. The summed E-state index contributed by atoms with van der Waals surface area (Å²) in [6.07, 6.45) is 10.9. The lowest BCUT2D eigenvalue weighted by Crippen LogP contribution is -2.55. The zero-order valence-electron chi connectivity index (χ0n) is 27.3. The highest BCUT2D eigenvalue weighted by Gasteiger charge is 2.49. The first-order valence-electron chi connectivity index (χ1n) is 16.0. The molecule has 0 heterocycles. The van der Waals surface area contributed by atoms with Crippen molar-refractivity contribution in [3.63, 3.8) is 0 Å². The van der Waals surface area contributed by atoms with Crippen LogP contribution in [-0.4, -0.2) is 81.4 Å². The molecule has 0 saturated heterocycles. The van der Waals surface area contributed by atoms with Crippen molar-refractivity contribution in [3.8, 4) is 5.75 Å². The number of Topliss-reactive ketones (excluding diaryl/α,β-unsaturated/α-hetero) is 1. The van der Waals surface area contributed by atoms with E-state index in [0.29, 0.717) is 31.2 Å². The zero-order chi connectivity index (χ0) is 35.2. The normalized spacial score (nSPS) is 13.7. The van der Waals surface area contributed by atoms with E-state index in [1.807, 2.05) is 0 Å². The fourth-order valence-corrected chi connectivity index (χ4v) is 4.80. The molecule has 0 saturated carbocycles. The van der Waals surface area contributed by atoms with Crippen LogP contribution in [0, 0.1) is 5.92 Å². The second kappa shape index (κ2) is 22.3. The van der Waals surface area contributed by atoms with Gasteiger partial charge in [0.2, 0.25) is 5.91 Å². The lowest BCUT2D eigenvalue weighted by Gasteiger charge is -2.30. The topological polar surface area (TPSA) is 214 Å². The predicted octanol–water partition coefficient (Wildman–Crippen LogP) is 3.87. The molecule has 47 heavy (non-hydrogen) atoms. The molecule has 0 aliphatic rings. The van der Waals surface area contributed by atoms with E-state index in [4.69, 9.17) is 0 Å². The van der Waals surface area contributed by atoms with E-state index in [1.54, 1.807) is 0 Å². The van der Waals surface area contributed by atoms with Gasteiger partial charge in [-0.1, -0.05) is 69.7 Å². The number of unbranched alkanes of at least 4 members (excludes halogenated alkanes) is 8. The van der Waals surface area contributed by atoms with Crippen LogP contribution >= 0.6 is 0 Å². The van der Waals surface area contributed by atoms with Crippen LogP contribution in [0.5, 0.6) is 5.75 Å². The third-order valence-corrected chi connectivity index (χ3v) is 7.61. The van der Waals surface area contributed by atoms with Crippen LogP contribution in [0.1, 0.15) is 96.0 Å². The first-order valence-corrected chi connectivity index (χ1v) is 16.0. The van der Waals surface area contributed by atoms with Crippen LogP contribution in [-0.2, 0) is 44.7 Å². The van der Waals surface area contributed by atoms with Crippen LogP contribution in [0.2, 0.25) is 0 Å². The van der Waals surface area contributed by atoms with Gasteiger partial charge in [0.1, 0.15) is 17.6 Å². The number of aromatic hydroxyl groups is 1. The van der Waals surface area contributed by atoms with E-state index >= 15 is 0 Å². The summed E-state index contributed by atoms with van der Waals surface area (Å²) in [6, 6.07) is 4.01. The maximum absolute atomic E-state index is 13.4. The first kappa shape index (κ1) is 40.8. The lowest BCUT2D eigenvalue weighted by molar-refractivity contribution is -0.175. The Bertz CT molecular complexity index is 1200. The minimum atomic E-state index is -3.06. The number of aliphatic carboxylic acids is 2. The van der Waals surface area contributed by atoms with Gasteiger partial charge in [-0.2, -0.15) is 0 Å². The van der Waals surface area contributed by atoms with E-state index in [0.717, 1.165) is 58.1 Å². The van der Waals surface area contributed by atoms with Crippen molar-refractivity contribution in [3.05, 3.63) is 42.0 Å². The number of hydrogen-bond acceptors (Lipinski definition) is 10. The van der Waals surface area contributed by atoms with Crippen molar-refractivity contribution in [2.24, 2.45) is 5.92 Å². The molecule has 262 valence electrons. The molecule has 1 aromatic carbocycles. The monoisotopic (exact) mass is 663 g/mol. The zero-order valence-corrected chi connectivity index (χ0v) is 27.3. The summed E-state index contributed by atoms with van der Waals surface area (Å²) in [5, 5.41) is 42.6. The SMILES string of the molecule is CCCCCCCC(=O)CCCCCC/C=C/[C@H](C(=O)N[C@@H](Cc1ccc(O)cc1)C(=O)O)[C@@](O)(CC(=O)OCC(=O)OC)C(=O)O. The van der Waals surface area contributed by atoms with Gasteiger partial charge in [0.25, 0.3) is 0 Å². The van der Waals surface area contributed by atoms with Crippen LogP contribution in [0.4, 0.5) is 0 Å². The number of phenols is 1. The Morgan fingerprint density at radius 2 is 1.47 bits per heavy atom. The summed E-state index contributed by atoms with van der Waals surface area (Å²) < 4.78 is 9.05. The Morgan fingerprint density at radius 3 is 2.02 bits per heavy atom. The summed E-state index contributed by atoms with van der Waals surface area (Å²) in [6.45, 7) is 1.29. The number of rotatable bonds is 25. The highest BCUT2D eigenvalue weighted by Crippen LogP contribution is 2.26. The quantitative estimate of drug-likeness (QED) is 0.0573. The number of nitrogens with one attached hydrogen (secondary N) is 1. The maximum atomic E-state index is 13.4. The number of carbonyl (C=O) groups is 6. The molecule has 0 fully saturated rings. The Hall–Kier alpha value is -4.26. The second-order valence-electron chi connectivity index (χ2n) is 11.5. The fourth-order valence-electron chi connectivity index (χ4n) is 4.80. The maximum Gasteiger partial charge on any atom is 0.344 e. The summed E-state index contributed by atoms with van der Waals surface area (Å²) in [5.74, 6) is -8.54. The molecule has 0 aliphatic carbocycles. The highest BCUT2D eigenvalue weighted by molar-refractivity contribution is 5.95. The van der Waals surface area contributed by atoms with Crippen molar-refractivity contribution < 1.29 is 58.7 Å². The smallest absolute Gasteiger partial charge is 0.344 e. The molecular formula is C34H49NO12. The second-order valence-corrected chi connectivity index (χ2v) is 11.5. The number of carboxylic acid groups (broad SMARTS) is 2. The van der Waals surface area contributed by atoms with Crippen LogP contribution < -0.4 is 5.32 Å². The fraction of sp³-hybridized carbons (Fsp3) is 0.588. The average molecular weight is 664 g/mol. The molecule has 13 nitrogen and oxygen atoms in total. The Balaban J connectivity index is 2.94. The standard InChI is InChI=1S/C34H49NO12/c1-3-4-5-8-11-14-25(36)15-12-9-6-7-10-13-16-27(34(45,33(43)44)22-29(38)47-23-30(39)46-2)31(40)35-28(32(41)42)21-24-17-19-26(37)20-18-24/h13,16-20,27-28,37,45H,3-12,14-15,21-23H2,1-2H3,(H,35,40)(H,41,42)(H,43,44)/b16-13+/t27-,28+,34+/m1/s1. The average Bonchev–Trinajstić information content (AvgIpc) is 3.03. The number of ketones is 1. The van der Waals surface area contributed by atoms with E-state index < -0.39 is 60.4 Å². The van der Waals surface area contributed by atoms with Gasteiger partial charge in [-0.05, 0) is 43.4 Å². The minimum absolute atomic E-state index is 0.0536. The number of methoxy groups -OCH3 is 1. The molecule has 0 aromatic heterocycles. The van der Waals surface area contributed by atoms with Crippen LogP contribution in [0.3, 0.4) is 0 Å². The predicted molar refractivity (Wildman–Crippen MR) is 170 cm³/mol. The number of phenolic OH excluding ortho intramolecular Hbond substituents is 1. The number of aliphatic hydroxyl groups is 1. The molecule has 0 radical (unpaired) electrons. The van der Waals surface area contributed by atoms with Gasteiger partial charge in [-0.25, -0.2) is 14.4 Å². The Morgan fingerprint density at radius 1 is 0.872 bits per heavy atom. The number of carboxylic acids is 2. The van der Waals surface area contributed by atoms with Crippen molar-refractivity contribution in [1.29, 1.82) is 0 Å². The number of carbonyl (C=O) groups excluding carboxylic acids is 4. The molecule has 0 bridgehead atoms. The summed E-state index contributed by atoms with van der Waals surface area (Å²) >= 11 is 0. The first-order chi connectivity index (χ1) is 22.3. The minimum Gasteiger partial charge on any atom is -0.508 e. The number of allylic oxidation sites excluding steroid dienone is 1. The van der Waals surface area contributed by atoms with Gasteiger partial charge in [-0.15, -0.1) is 0 Å². The largest absolute Gasteiger partial charge is 0.508 e. The van der Waals surface area contributed by atoms with Crippen molar-refractivity contribution in [2.75, 3.05) is 13.7 Å². The lowest BCUT2D eigenvalue weighted by atomic mass is 9.82. The van der Waals surface area contributed by atoms with Crippen molar-refractivity contribution >= 4 is 35.6 Å². The highest BCUT2D eigenvalue weighted by atomic mass is 16.6. The van der Waals surface area contributed by atoms with Crippen molar-refractivity contribution in [1.82, 2.24) is 5.32 Å². The molecule has 1 amide bonds.